The van der Waals surface area contributed by atoms with Crippen LogP contribution in [0.15, 0.2) is 48.7 Å². The van der Waals surface area contributed by atoms with Gasteiger partial charge in [0, 0.05) is 11.9 Å². The number of rotatable bonds is 4. The maximum Gasteiger partial charge on any atom is 0.254 e. The second-order valence-electron chi connectivity index (χ2n) is 5.16. The highest BCUT2D eigenvalue weighted by Gasteiger charge is 2.19. The number of primary amides is 1. The summed E-state index contributed by atoms with van der Waals surface area (Å²) in [7, 11) is 0. The van der Waals surface area contributed by atoms with Gasteiger partial charge in [-0.1, -0.05) is 30.4 Å². The Labute approximate surface area is 123 Å². The molecule has 108 valence electrons. The predicted octanol–water partition coefficient (Wildman–Crippen LogP) is 3.01. The van der Waals surface area contributed by atoms with Crippen molar-refractivity contribution in [1.29, 1.82) is 0 Å². The fourth-order valence-electron chi connectivity index (χ4n) is 2.53. The normalized spacial score (nSPS) is 17.6. The summed E-state index contributed by atoms with van der Waals surface area (Å²) in [6.45, 7) is 0. The van der Waals surface area contributed by atoms with E-state index in [1.54, 1.807) is 6.20 Å². The lowest BCUT2D eigenvalue weighted by Crippen LogP contribution is -2.12. The number of allylic oxidation sites excluding steroid dienone is 2. The quantitative estimate of drug-likeness (QED) is 0.847. The van der Waals surface area contributed by atoms with Crippen LogP contribution < -0.4 is 11.1 Å². The molecule has 1 heterocycles. The number of para-hydroxylation sites is 1. The van der Waals surface area contributed by atoms with Gasteiger partial charge >= 0.3 is 0 Å². The lowest BCUT2D eigenvalue weighted by atomic mass is 10.0. The summed E-state index contributed by atoms with van der Waals surface area (Å²) in [5, 5.41) is 7.68. The SMILES string of the molecule is NC(=O)c1cn(C2CC=CCC2)nc1Nc1ccccc1. The number of anilines is 2. The van der Waals surface area contributed by atoms with Crippen molar-refractivity contribution in [3.8, 4) is 0 Å². The van der Waals surface area contributed by atoms with Gasteiger partial charge < -0.3 is 11.1 Å². The smallest absolute Gasteiger partial charge is 0.254 e. The topological polar surface area (TPSA) is 72.9 Å². The Balaban J connectivity index is 1.89. The minimum Gasteiger partial charge on any atom is -0.365 e. The van der Waals surface area contributed by atoms with Crippen molar-refractivity contribution in [2.75, 3.05) is 5.32 Å². The van der Waals surface area contributed by atoms with E-state index >= 15 is 0 Å². The summed E-state index contributed by atoms with van der Waals surface area (Å²) in [5.74, 6) is 0.0503. The molecule has 0 spiro atoms. The highest BCUT2D eigenvalue weighted by atomic mass is 16.1. The Kier molecular flexibility index (Phi) is 3.73. The highest BCUT2D eigenvalue weighted by molar-refractivity contribution is 5.98. The van der Waals surface area contributed by atoms with E-state index in [-0.39, 0.29) is 0 Å². The molecule has 1 unspecified atom stereocenters. The summed E-state index contributed by atoms with van der Waals surface area (Å²) in [6.07, 6.45) is 9.09. The molecule has 3 N–H and O–H groups in total. The van der Waals surface area contributed by atoms with Gasteiger partial charge in [-0.2, -0.15) is 5.10 Å². The average molecular weight is 282 g/mol. The van der Waals surface area contributed by atoms with Crippen LogP contribution in [-0.4, -0.2) is 15.7 Å². The third-order valence-corrected chi connectivity index (χ3v) is 3.65. The summed E-state index contributed by atoms with van der Waals surface area (Å²) in [6, 6.07) is 9.93. The van der Waals surface area contributed by atoms with Gasteiger partial charge in [0.25, 0.3) is 5.91 Å². The Morgan fingerprint density at radius 1 is 1.29 bits per heavy atom. The van der Waals surface area contributed by atoms with Gasteiger partial charge in [0.15, 0.2) is 5.82 Å². The zero-order valence-electron chi connectivity index (χ0n) is 11.7. The molecule has 3 rings (SSSR count). The van der Waals surface area contributed by atoms with Crippen LogP contribution in [0.3, 0.4) is 0 Å². The predicted molar refractivity (Wildman–Crippen MR) is 82.5 cm³/mol. The van der Waals surface area contributed by atoms with E-state index in [2.05, 4.69) is 22.6 Å². The van der Waals surface area contributed by atoms with E-state index < -0.39 is 5.91 Å². The fraction of sp³-hybridized carbons (Fsp3) is 0.250. The first-order chi connectivity index (χ1) is 10.2. The van der Waals surface area contributed by atoms with Gasteiger partial charge in [0.05, 0.1) is 6.04 Å². The van der Waals surface area contributed by atoms with Crippen molar-refractivity contribution in [3.05, 3.63) is 54.2 Å². The molecule has 1 atom stereocenters. The summed E-state index contributed by atoms with van der Waals surface area (Å²) in [4.78, 5) is 11.6. The van der Waals surface area contributed by atoms with Crippen LogP contribution >= 0.6 is 0 Å². The molecule has 1 aromatic heterocycles. The molecule has 0 saturated carbocycles. The number of nitrogens with one attached hydrogen (secondary N) is 1. The van der Waals surface area contributed by atoms with Crippen molar-refractivity contribution in [2.45, 2.75) is 25.3 Å². The number of carbonyl (C=O) groups is 1. The van der Waals surface area contributed by atoms with Crippen molar-refractivity contribution < 1.29 is 4.79 Å². The molecule has 0 radical (unpaired) electrons. The Hall–Kier alpha value is -2.56. The Bertz CT molecular complexity index is 660. The van der Waals surface area contributed by atoms with Crippen LogP contribution in [0.5, 0.6) is 0 Å². The van der Waals surface area contributed by atoms with Crippen molar-refractivity contribution >= 4 is 17.4 Å². The molecule has 5 nitrogen and oxygen atoms in total. The van der Waals surface area contributed by atoms with E-state index in [0.717, 1.165) is 24.9 Å². The van der Waals surface area contributed by atoms with Gasteiger partial charge in [0.2, 0.25) is 0 Å². The summed E-state index contributed by atoms with van der Waals surface area (Å²) < 4.78 is 1.86. The number of carbonyl (C=O) groups excluding carboxylic acids is 1. The zero-order valence-corrected chi connectivity index (χ0v) is 11.7. The first kappa shape index (κ1) is 13.4. The van der Waals surface area contributed by atoms with Crippen LogP contribution in [0, 0.1) is 0 Å². The summed E-state index contributed by atoms with van der Waals surface area (Å²) >= 11 is 0. The minimum absolute atomic E-state index is 0.291. The minimum atomic E-state index is -0.467. The van der Waals surface area contributed by atoms with Crippen LogP contribution in [0.2, 0.25) is 0 Å². The second-order valence-corrected chi connectivity index (χ2v) is 5.16. The van der Waals surface area contributed by atoms with Gasteiger partial charge in [-0.05, 0) is 31.4 Å². The average Bonchev–Trinajstić information content (AvgIpc) is 2.93. The van der Waals surface area contributed by atoms with Crippen molar-refractivity contribution in [1.82, 2.24) is 9.78 Å². The molecule has 0 fully saturated rings. The largest absolute Gasteiger partial charge is 0.365 e. The Morgan fingerprint density at radius 2 is 2.10 bits per heavy atom. The van der Waals surface area contributed by atoms with Crippen molar-refractivity contribution in [3.63, 3.8) is 0 Å². The zero-order chi connectivity index (χ0) is 14.7. The molecule has 0 bridgehead atoms. The lowest BCUT2D eigenvalue weighted by Gasteiger charge is -2.17. The maximum atomic E-state index is 11.6. The van der Waals surface area contributed by atoms with E-state index in [4.69, 9.17) is 5.73 Å². The number of hydrogen-bond acceptors (Lipinski definition) is 3. The number of hydrogen-bond donors (Lipinski definition) is 2. The standard InChI is InChI=1S/C16H18N4O/c17-15(21)14-11-20(13-9-5-2-6-10-13)19-16(14)18-12-7-3-1-4-8-12/h1-5,7-8,11,13H,6,9-10H2,(H2,17,21)(H,18,19). The summed E-state index contributed by atoms with van der Waals surface area (Å²) in [5.41, 5.74) is 6.77. The number of benzene rings is 1. The number of nitrogens with two attached hydrogens (primary N) is 1. The van der Waals surface area contributed by atoms with Gasteiger partial charge in [-0.3, -0.25) is 9.48 Å². The Morgan fingerprint density at radius 3 is 2.76 bits per heavy atom. The number of amides is 1. The van der Waals surface area contributed by atoms with E-state index in [0.29, 0.717) is 17.4 Å². The molecule has 0 aliphatic heterocycles. The molecule has 2 aromatic rings. The van der Waals surface area contributed by atoms with Crippen LogP contribution in [-0.2, 0) is 0 Å². The van der Waals surface area contributed by atoms with Crippen molar-refractivity contribution in [2.24, 2.45) is 5.73 Å². The first-order valence-corrected chi connectivity index (χ1v) is 7.10. The molecular weight excluding hydrogens is 264 g/mol. The van der Waals surface area contributed by atoms with E-state index in [9.17, 15) is 4.79 Å². The van der Waals surface area contributed by atoms with E-state index in [1.807, 2.05) is 35.0 Å². The fourth-order valence-corrected chi connectivity index (χ4v) is 2.53. The molecule has 1 amide bonds. The van der Waals surface area contributed by atoms with E-state index in [1.165, 1.54) is 0 Å². The van der Waals surface area contributed by atoms with Crippen LogP contribution in [0.25, 0.3) is 0 Å². The first-order valence-electron chi connectivity index (χ1n) is 7.10. The van der Waals surface area contributed by atoms with Gasteiger partial charge in [-0.15, -0.1) is 0 Å². The number of nitrogens with zero attached hydrogens (tertiary/aromatic N) is 2. The third kappa shape index (κ3) is 2.97. The van der Waals surface area contributed by atoms with Gasteiger partial charge in [-0.25, -0.2) is 0 Å². The molecule has 5 heteroatoms. The molecule has 1 aromatic carbocycles. The second kappa shape index (κ2) is 5.83. The lowest BCUT2D eigenvalue weighted by molar-refractivity contribution is 0.100. The number of aromatic nitrogens is 2. The molecular formula is C16H18N4O. The van der Waals surface area contributed by atoms with Gasteiger partial charge in [0.1, 0.15) is 5.56 Å². The van der Waals surface area contributed by atoms with Crippen LogP contribution in [0.4, 0.5) is 11.5 Å². The molecule has 21 heavy (non-hydrogen) atoms. The monoisotopic (exact) mass is 282 g/mol. The van der Waals surface area contributed by atoms with Crippen LogP contribution in [0.1, 0.15) is 35.7 Å². The molecule has 0 saturated heterocycles. The molecule has 1 aliphatic rings. The maximum absolute atomic E-state index is 11.6. The molecule has 1 aliphatic carbocycles. The highest BCUT2D eigenvalue weighted by Crippen LogP contribution is 2.26. The third-order valence-electron chi connectivity index (χ3n) is 3.65.